The van der Waals surface area contributed by atoms with Crippen molar-refractivity contribution in [2.45, 2.75) is 19.8 Å². The van der Waals surface area contributed by atoms with Crippen molar-refractivity contribution in [3.05, 3.63) is 230 Å². The van der Waals surface area contributed by atoms with Gasteiger partial charge in [-0.2, -0.15) is 0 Å². The molecular weight excluding hydrogens is 781 g/mol. The van der Waals surface area contributed by atoms with E-state index in [1.165, 1.54) is 23.8 Å². The van der Waals surface area contributed by atoms with Gasteiger partial charge in [0.15, 0.2) is 5.78 Å². The normalized spacial score (nSPS) is 11.5. The van der Waals surface area contributed by atoms with E-state index in [1.807, 2.05) is 18.5 Å². The molecule has 4 nitrogen and oxygen atoms in total. The van der Waals surface area contributed by atoms with Gasteiger partial charge < -0.3 is 5.11 Å². The van der Waals surface area contributed by atoms with Crippen LogP contribution in [0, 0.1) is 0 Å². The van der Waals surface area contributed by atoms with Crippen molar-refractivity contribution in [3.63, 3.8) is 0 Å². The summed E-state index contributed by atoms with van der Waals surface area (Å²) in [5.41, 5.74) is 16.1. The second kappa shape index (κ2) is 17.6. The van der Waals surface area contributed by atoms with Crippen LogP contribution in [-0.4, -0.2) is 20.9 Å². The van der Waals surface area contributed by atoms with Gasteiger partial charge in [0.25, 0.3) is 0 Å². The number of aryl methyl sites for hydroxylation is 1. The lowest BCUT2D eigenvalue weighted by molar-refractivity contribution is -0.114. The maximum atomic E-state index is 12.8. The van der Waals surface area contributed by atoms with Gasteiger partial charge in [-0.05, 0) is 116 Å². The Balaban J connectivity index is 1.09. The van der Waals surface area contributed by atoms with Gasteiger partial charge >= 0.3 is 0 Å². The van der Waals surface area contributed by atoms with E-state index in [9.17, 15) is 9.90 Å². The van der Waals surface area contributed by atoms with Crippen LogP contribution in [0.15, 0.2) is 224 Å². The Kier molecular flexibility index (Phi) is 11.0. The van der Waals surface area contributed by atoms with Gasteiger partial charge in [-0.25, -0.2) is 0 Å². The molecule has 0 aliphatic heterocycles. The number of ketones is 1. The third kappa shape index (κ3) is 8.13. The smallest absolute Gasteiger partial charge is 0.159 e. The van der Waals surface area contributed by atoms with Crippen molar-refractivity contribution in [2.24, 2.45) is 0 Å². The largest absolute Gasteiger partial charge is 0.512 e. The highest BCUT2D eigenvalue weighted by Gasteiger charge is 2.17. The molecule has 4 heteroatoms. The zero-order chi connectivity index (χ0) is 43.4. The molecule has 0 saturated heterocycles. The summed E-state index contributed by atoms with van der Waals surface area (Å²) in [6.07, 6.45) is 5.91. The fraction of sp³-hybridized carbons (Fsp3) is 0.0500. The van der Waals surface area contributed by atoms with Crippen LogP contribution >= 0.6 is 0 Å². The fourth-order valence-electron chi connectivity index (χ4n) is 8.96. The van der Waals surface area contributed by atoms with E-state index in [0.29, 0.717) is 12.8 Å². The molecule has 64 heavy (non-hydrogen) atoms. The monoisotopic (exact) mass is 824 g/mol. The number of aromatic nitrogens is 2. The van der Waals surface area contributed by atoms with Gasteiger partial charge in [0.2, 0.25) is 0 Å². The summed E-state index contributed by atoms with van der Waals surface area (Å²) in [6.45, 7) is 1.53. The maximum absolute atomic E-state index is 12.8. The van der Waals surface area contributed by atoms with E-state index < -0.39 is 0 Å². The molecule has 306 valence electrons. The van der Waals surface area contributed by atoms with Crippen molar-refractivity contribution in [2.75, 3.05) is 0 Å². The Labute approximate surface area is 373 Å². The van der Waals surface area contributed by atoms with E-state index in [0.717, 1.165) is 94.5 Å². The lowest BCUT2D eigenvalue weighted by Crippen LogP contribution is -1.99. The molecule has 0 spiro atoms. The summed E-state index contributed by atoms with van der Waals surface area (Å²) in [4.78, 5) is 22.3. The van der Waals surface area contributed by atoms with E-state index in [-0.39, 0.29) is 11.5 Å². The van der Waals surface area contributed by atoms with Crippen molar-refractivity contribution in [3.8, 4) is 78.1 Å². The number of aliphatic hydroxyl groups excluding tert-OH is 1. The van der Waals surface area contributed by atoms with E-state index in [4.69, 9.17) is 9.97 Å². The van der Waals surface area contributed by atoms with Crippen molar-refractivity contribution in [1.82, 2.24) is 9.97 Å². The van der Waals surface area contributed by atoms with Gasteiger partial charge in [0.1, 0.15) is 0 Å². The minimum Gasteiger partial charge on any atom is -0.512 e. The number of hydrogen-bond donors (Lipinski definition) is 1. The molecule has 0 saturated carbocycles. The van der Waals surface area contributed by atoms with Crippen LogP contribution in [0.3, 0.4) is 0 Å². The van der Waals surface area contributed by atoms with Gasteiger partial charge in [-0.3, -0.25) is 14.8 Å². The summed E-state index contributed by atoms with van der Waals surface area (Å²) >= 11 is 0. The Morgan fingerprint density at radius 1 is 0.438 bits per heavy atom. The highest BCUT2D eigenvalue weighted by Crippen LogP contribution is 2.42. The lowest BCUT2D eigenvalue weighted by Gasteiger charge is -2.18. The second-order valence-electron chi connectivity index (χ2n) is 16.2. The molecule has 0 atom stereocenters. The molecule has 8 aromatic carbocycles. The average molecular weight is 825 g/mol. The number of fused-ring (bicyclic) bond motifs is 2. The summed E-state index contributed by atoms with van der Waals surface area (Å²) in [7, 11) is 0. The standard InChI is InChI=1S/C60H44N2O2/c1-40(63)36-51(64)31-30-41-12-2-5-15-52(41)48-37-49(55-18-10-8-16-53(55)44-22-26-46(27-23-44)59-57-20-6-3-13-42(57)32-34-61-59)39-50(38-48)56-19-11-9-17-54(56)45-24-28-47(29-25-45)60-58-21-7-4-14-43(58)33-35-62-60/h2-29,32-39,63H,30-31H2,1H3/b40-36-. The Hall–Kier alpha value is -8.21. The molecule has 1 N–H and O–H groups in total. The van der Waals surface area contributed by atoms with Crippen LogP contribution in [0.2, 0.25) is 0 Å². The number of pyridine rings is 2. The molecule has 10 aromatic rings. The molecule has 0 bridgehead atoms. The van der Waals surface area contributed by atoms with Crippen molar-refractivity contribution in [1.29, 1.82) is 0 Å². The summed E-state index contributed by atoms with van der Waals surface area (Å²) in [5, 5.41) is 14.4. The third-order valence-corrected chi connectivity index (χ3v) is 12.0. The molecule has 0 aliphatic rings. The number of allylic oxidation sites excluding steroid dienone is 2. The quantitative estimate of drug-likeness (QED) is 0.104. The second-order valence-corrected chi connectivity index (χ2v) is 16.2. The third-order valence-electron chi connectivity index (χ3n) is 12.0. The van der Waals surface area contributed by atoms with Crippen LogP contribution < -0.4 is 0 Å². The van der Waals surface area contributed by atoms with Crippen molar-refractivity contribution < 1.29 is 9.90 Å². The first-order valence-corrected chi connectivity index (χ1v) is 21.7. The van der Waals surface area contributed by atoms with E-state index >= 15 is 0 Å². The molecule has 0 amide bonds. The van der Waals surface area contributed by atoms with E-state index in [2.05, 4.69) is 194 Å². The Morgan fingerprint density at radius 2 is 0.812 bits per heavy atom. The lowest BCUT2D eigenvalue weighted by atomic mass is 9.86. The maximum Gasteiger partial charge on any atom is 0.159 e. The predicted molar refractivity (Wildman–Crippen MR) is 265 cm³/mol. The number of carbonyl (C=O) groups is 1. The zero-order valence-corrected chi connectivity index (χ0v) is 35.4. The molecule has 0 radical (unpaired) electrons. The highest BCUT2D eigenvalue weighted by atomic mass is 16.3. The summed E-state index contributed by atoms with van der Waals surface area (Å²) < 4.78 is 0. The van der Waals surface area contributed by atoms with Crippen molar-refractivity contribution >= 4 is 27.3 Å². The number of hydrogen-bond acceptors (Lipinski definition) is 4. The molecule has 0 fully saturated rings. The fourth-order valence-corrected chi connectivity index (χ4v) is 8.96. The first-order valence-electron chi connectivity index (χ1n) is 21.7. The topological polar surface area (TPSA) is 63.1 Å². The van der Waals surface area contributed by atoms with Crippen LogP contribution in [0.1, 0.15) is 18.9 Å². The van der Waals surface area contributed by atoms with Crippen LogP contribution in [0.5, 0.6) is 0 Å². The molecular formula is C60H44N2O2. The molecule has 0 aliphatic carbocycles. The number of nitrogens with zero attached hydrogens (tertiary/aromatic N) is 2. The molecule has 2 heterocycles. The minimum atomic E-state index is -0.100. The Morgan fingerprint density at radius 3 is 1.28 bits per heavy atom. The summed E-state index contributed by atoms with van der Waals surface area (Å²) in [5.74, 6) is -0.0794. The van der Waals surface area contributed by atoms with Gasteiger partial charge in [0, 0.05) is 46.8 Å². The molecule has 2 aromatic heterocycles. The van der Waals surface area contributed by atoms with Crippen LogP contribution in [0.4, 0.5) is 0 Å². The molecule has 0 unspecified atom stereocenters. The average Bonchev–Trinajstić information content (AvgIpc) is 3.35. The number of aliphatic hydroxyl groups is 1. The number of benzene rings is 8. The first-order chi connectivity index (χ1) is 31.5. The van der Waals surface area contributed by atoms with Gasteiger partial charge in [-0.1, -0.05) is 170 Å². The van der Waals surface area contributed by atoms with E-state index in [1.54, 1.807) is 0 Å². The Bertz CT molecular complexity index is 3170. The minimum absolute atomic E-state index is 0.0210. The SMILES string of the molecule is C/C(O)=C/C(=O)CCc1ccccc1-c1cc(-c2ccccc2-c2ccc(-c3nccc4ccccc34)cc2)cc(-c2ccccc2-c2ccc(-c3nccc4ccccc34)cc2)c1. The van der Waals surface area contributed by atoms with Crippen LogP contribution in [-0.2, 0) is 11.2 Å². The molecule has 10 rings (SSSR count). The highest BCUT2D eigenvalue weighted by molar-refractivity contribution is 5.97. The first kappa shape index (κ1) is 39.9. The number of rotatable bonds is 11. The number of carbonyl (C=O) groups excluding carboxylic acids is 1. The van der Waals surface area contributed by atoms with Gasteiger partial charge in [-0.15, -0.1) is 0 Å². The van der Waals surface area contributed by atoms with Gasteiger partial charge in [0.05, 0.1) is 17.1 Å². The zero-order valence-electron chi connectivity index (χ0n) is 35.4. The predicted octanol–water partition coefficient (Wildman–Crippen LogP) is 15.4. The summed E-state index contributed by atoms with van der Waals surface area (Å²) in [6, 6.07) is 70.8. The van der Waals surface area contributed by atoms with Crippen LogP contribution in [0.25, 0.3) is 99.7 Å².